The SMILES string of the molecule is O=C(Cc1csc(-c2cccc(F)c2)n1)N1CCN(c2nccs2)CC1. The monoisotopic (exact) mass is 388 g/mol. The fourth-order valence-electron chi connectivity index (χ4n) is 2.93. The number of hydrogen-bond acceptors (Lipinski definition) is 6. The molecule has 0 aliphatic carbocycles. The molecule has 1 aliphatic heterocycles. The van der Waals surface area contributed by atoms with Gasteiger partial charge in [0.15, 0.2) is 5.13 Å². The molecule has 1 fully saturated rings. The van der Waals surface area contributed by atoms with E-state index >= 15 is 0 Å². The number of halogens is 1. The second-order valence-electron chi connectivity index (χ2n) is 6.01. The Morgan fingerprint density at radius 2 is 2.04 bits per heavy atom. The maximum absolute atomic E-state index is 13.4. The van der Waals surface area contributed by atoms with Crippen molar-refractivity contribution in [1.82, 2.24) is 14.9 Å². The predicted octanol–water partition coefficient (Wildman–Crippen LogP) is 3.30. The predicted molar refractivity (Wildman–Crippen MR) is 102 cm³/mol. The van der Waals surface area contributed by atoms with E-state index in [1.54, 1.807) is 23.6 Å². The Morgan fingerprint density at radius 1 is 1.19 bits per heavy atom. The topological polar surface area (TPSA) is 49.3 Å². The summed E-state index contributed by atoms with van der Waals surface area (Å²) in [7, 11) is 0. The molecule has 0 atom stereocenters. The highest BCUT2D eigenvalue weighted by atomic mass is 32.1. The van der Waals surface area contributed by atoms with Crippen LogP contribution in [0.1, 0.15) is 5.69 Å². The fraction of sp³-hybridized carbons (Fsp3) is 0.278. The average molecular weight is 388 g/mol. The largest absolute Gasteiger partial charge is 0.345 e. The number of anilines is 1. The molecule has 1 aliphatic rings. The van der Waals surface area contributed by atoms with Crippen molar-refractivity contribution < 1.29 is 9.18 Å². The normalized spacial score (nSPS) is 14.7. The number of carbonyl (C=O) groups is 1. The fourth-order valence-corrected chi connectivity index (χ4v) is 4.44. The third-order valence-corrected chi connectivity index (χ3v) is 6.05. The van der Waals surface area contributed by atoms with Crippen LogP contribution in [0, 0.1) is 5.82 Å². The van der Waals surface area contributed by atoms with Crippen molar-refractivity contribution in [3.8, 4) is 10.6 Å². The zero-order valence-electron chi connectivity index (χ0n) is 14.0. The summed E-state index contributed by atoms with van der Waals surface area (Å²) in [5.74, 6) is -0.201. The summed E-state index contributed by atoms with van der Waals surface area (Å²) in [6, 6.07) is 6.36. The molecule has 5 nitrogen and oxygen atoms in total. The molecule has 0 saturated carbocycles. The maximum atomic E-state index is 13.4. The van der Waals surface area contributed by atoms with Gasteiger partial charge in [0, 0.05) is 48.7 Å². The van der Waals surface area contributed by atoms with Crippen molar-refractivity contribution in [1.29, 1.82) is 0 Å². The Bertz CT molecular complexity index is 888. The molecule has 0 radical (unpaired) electrons. The number of piperazine rings is 1. The minimum atomic E-state index is -0.284. The molecule has 4 rings (SSSR count). The first-order valence-corrected chi connectivity index (χ1v) is 10.1. The van der Waals surface area contributed by atoms with E-state index in [-0.39, 0.29) is 18.1 Å². The third kappa shape index (κ3) is 3.76. The van der Waals surface area contributed by atoms with Gasteiger partial charge in [-0.15, -0.1) is 22.7 Å². The van der Waals surface area contributed by atoms with Crippen LogP contribution in [0.2, 0.25) is 0 Å². The van der Waals surface area contributed by atoms with E-state index in [2.05, 4.69) is 14.9 Å². The molecular formula is C18H17FN4OS2. The minimum absolute atomic E-state index is 0.0832. The Kier molecular flexibility index (Phi) is 4.94. The van der Waals surface area contributed by atoms with Crippen molar-refractivity contribution in [2.45, 2.75) is 6.42 Å². The molecule has 0 spiro atoms. The van der Waals surface area contributed by atoms with Gasteiger partial charge in [-0.3, -0.25) is 4.79 Å². The van der Waals surface area contributed by atoms with Crippen LogP contribution in [-0.4, -0.2) is 47.0 Å². The quantitative estimate of drug-likeness (QED) is 0.688. The second-order valence-corrected chi connectivity index (χ2v) is 7.74. The molecule has 1 aromatic carbocycles. The van der Waals surface area contributed by atoms with Crippen LogP contribution in [0.5, 0.6) is 0 Å². The third-order valence-electron chi connectivity index (χ3n) is 4.28. The lowest BCUT2D eigenvalue weighted by Gasteiger charge is -2.34. The van der Waals surface area contributed by atoms with Crippen LogP contribution in [-0.2, 0) is 11.2 Å². The highest BCUT2D eigenvalue weighted by molar-refractivity contribution is 7.13. The van der Waals surface area contributed by atoms with Gasteiger partial charge in [0.2, 0.25) is 5.91 Å². The van der Waals surface area contributed by atoms with E-state index in [1.807, 2.05) is 21.7 Å². The summed E-state index contributed by atoms with van der Waals surface area (Å²) in [4.78, 5) is 25.5. The van der Waals surface area contributed by atoms with Crippen molar-refractivity contribution in [2.24, 2.45) is 0 Å². The number of rotatable bonds is 4. The summed E-state index contributed by atoms with van der Waals surface area (Å²) >= 11 is 3.05. The summed E-state index contributed by atoms with van der Waals surface area (Å²) < 4.78 is 13.4. The van der Waals surface area contributed by atoms with Gasteiger partial charge in [0.25, 0.3) is 0 Å². The van der Waals surface area contributed by atoms with E-state index < -0.39 is 0 Å². The standard InChI is InChI=1S/C18H17FN4OS2/c19-14-3-1-2-13(10-14)17-21-15(12-26-17)11-16(24)22-5-7-23(8-6-22)18-20-4-9-25-18/h1-4,9-10,12H,5-8,11H2. The number of amides is 1. The molecule has 134 valence electrons. The second kappa shape index (κ2) is 7.51. The number of carbonyl (C=O) groups excluding carboxylic acids is 1. The van der Waals surface area contributed by atoms with E-state index in [0.717, 1.165) is 34.5 Å². The summed E-state index contributed by atoms with van der Waals surface area (Å²) in [6.45, 7) is 2.98. The van der Waals surface area contributed by atoms with Gasteiger partial charge in [-0.25, -0.2) is 14.4 Å². The van der Waals surface area contributed by atoms with Crippen LogP contribution < -0.4 is 4.90 Å². The molecule has 2 aromatic heterocycles. The lowest BCUT2D eigenvalue weighted by molar-refractivity contribution is -0.130. The molecule has 3 aromatic rings. The Morgan fingerprint density at radius 3 is 2.77 bits per heavy atom. The minimum Gasteiger partial charge on any atom is -0.345 e. The maximum Gasteiger partial charge on any atom is 0.228 e. The molecule has 8 heteroatoms. The van der Waals surface area contributed by atoms with Gasteiger partial charge in [0.1, 0.15) is 10.8 Å². The summed E-state index contributed by atoms with van der Waals surface area (Å²) in [5, 5.41) is 5.59. The molecule has 0 N–H and O–H groups in total. The molecule has 0 bridgehead atoms. The number of benzene rings is 1. The van der Waals surface area contributed by atoms with E-state index in [0.29, 0.717) is 13.1 Å². The van der Waals surface area contributed by atoms with Gasteiger partial charge in [-0.1, -0.05) is 12.1 Å². The molecule has 0 unspecified atom stereocenters. The average Bonchev–Trinajstić information content (AvgIpc) is 3.34. The van der Waals surface area contributed by atoms with Crippen molar-refractivity contribution in [3.63, 3.8) is 0 Å². The number of hydrogen-bond donors (Lipinski definition) is 0. The lowest BCUT2D eigenvalue weighted by Crippen LogP contribution is -2.49. The van der Waals surface area contributed by atoms with Crippen LogP contribution in [0.15, 0.2) is 41.2 Å². The van der Waals surface area contributed by atoms with Gasteiger partial charge in [-0.05, 0) is 12.1 Å². The molecular weight excluding hydrogens is 371 g/mol. The number of nitrogens with zero attached hydrogens (tertiary/aromatic N) is 4. The smallest absolute Gasteiger partial charge is 0.228 e. The van der Waals surface area contributed by atoms with E-state index in [1.165, 1.54) is 23.5 Å². The molecule has 1 saturated heterocycles. The molecule has 26 heavy (non-hydrogen) atoms. The van der Waals surface area contributed by atoms with Gasteiger partial charge in [0.05, 0.1) is 12.1 Å². The first-order chi connectivity index (χ1) is 12.7. The van der Waals surface area contributed by atoms with Crippen LogP contribution >= 0.6 is 22.7 Å². The van der Waals surface area contributed by atoms with E-state index in [9.17, 15) is 9.18 Å². The first-order valence-electron chi connectivity index (χ1n) is 8.31. The van der Waals surface area contributed by atoms with Crippen LogP contribution in [0.4, 0.5) is 9.52 Å². The van der Waals surface area contributed by atoms with Crippen molar-refractivity contribution in [2.75, 3.05) is 31.1 Å². The Hall–Kier alpha value is -2.32. The molecule has 1 amide bonds. The zero-order chi connectivity index (χ0) is 17.9. The lowest BCUT2D eigenvalue weighted by atomic mass is 10.2. The van der Waals surface area contributed by atoms with Crippen LogP contribution in [0.25, 0.3) is 10.6 Å². The number of aromatic nitrogens is 2. The van der Waals surface area contributed by atoms with Crippen molar-refractivity contribution in [3.05, 3.63) is 52.7 Å². The Balaban J connectivity index is 1.35. The number of thiazole rings is 2. The zero-order valence-corrected chi connectivity index (χ0v) is 15.6. The summed E-state index contributed by atoms with van der Waals surface area (Å²) in [5.41, 5.74) is 1.48. The highest BCUT2D eigenvalue weighted by Gasteiger charge is 2.23. The van der Waals surface area contributed by atoms with Crippen molar-refractivity contribution >= 4 is 33.7 Å². The van der Waals surface area contributed by atoms with Crippen LogP contribution in [0.3, 0.4) is 0 Å². The first kappa shape index (κ1) is 17.1. The van der Waals surface area contributed by atoms with Gasteiger partial charge >= 0.3 is 0 Å². The molecule has 3 heterocycles. The summed E-state index contributed by atoms with van der Waals surface area (Å²) in [6.07, 6.45) is 2.08. The highest BCUT2D eigenvalue weighted by Crippen LogP contribution is 2.25. The Labute approximate surface area is 158 Å². The van der Waals surface area contributed by atoms with Gasteiger partial charge < -0.3 is 9.80 Å². The van der Waals surface area contributed by atoms with Gasteiger partial charge in [-0.2, -0.15) is 0 Å². The van der Waals surface area contributed by atoms with E-state index in [4.69, 9.17) is 0 Å².